The number of halogens is 2. The molecule has 9 heteroatoms. The summed E-state index contributed by atoms with van der Waals surface area (Å²) < 4.78 is 11.1. The van der Waals surface area contributed by atoms with Crippen molar-refractivity contribution in [1.29, 1.82) is 0 Å². The van der Waals surface area contributed by atoms with E-state index in [1.54, 1.807) is 24.3 Å². The smallest absolute Gasteiger partial charge is 0.262 e. The standard InChI is InChI=1S/C23H27Cl2N3O4/c1-5-31-19-10-7-15(11-20(19)32-6-2)13-26-28-23(30)21(14(3)4)27-22(29)17-9-8-16(24)12-18(17)25/h7-14,21H,5-6H2,1-4H3,(H,27,29)(H,28,30). The van der Waals surface area contributed by atoms with E-state index in [4.69, 9.17) is 32.7 Å². The Balaban J connectivity index is 2.07. The van der Waals surface area contributed by atoms with Gasteiger partial charge in [-0.15, -0.1) is 0 Å². The zero-order chi connectivity index (χ0) is 23.7. The summed E-state index contributed by atoms with van der Waals surface area (Å²) in [7, 11) is 0. The molecule has 0 saturated heterocycles. The number of amides is 2. The topological polar surface area (TPSA) is 89.0 Å². The molecular weight excluding hydrogens is 453 g/mol. The summed E-state index contributed by atoms with van der Waals surface area (Å²) in [5.41, 5.74) is 3.42. The molecule has 0 aromatic heterocycles. The predicted octanol–water partition coefficient (Wildman–Crippen LogP) is 4.70. The third kappa shape index (κ3) is 7.14. The van der Waals surface area contributed by atoms with Gasteiger partial charge in [0.15, 0.2) is 11.5 Å². The molecule has 32 heavy (non-hydrogen) atoms. The van der Waals surface area contributed by atoms with Crippen LogP contribution in [0.25, 0.3) is 0 Å². The Morgan fingerprint density at radius 1 is 1.03 bits per heavy atom. The van der Waals surface area contributed by atoms with Gasteiger partial charge in [-0.1, -0.05) is 37.0 Å². The molecule has 0 radical (unpaired) electrons. The number of ether oxygens (including phenoxy) is 2. The van der Waals surface area contributed by atoms with Crippen LogP contribution in [0.3, 0.4) is 0 Å². The third-order valence-electron chi connectivity index (χ3n) is 4.37. The molecule has 2 N–H and O–H groups in total. The van der Waals surface area contributed by atoms with E-state index in [1.165, 1.54) is 18.3 Å². The van der Waals surface area contributed by atoms with Gasteiger partial charge in [0, 0.05) is 5.02 Å². The van der Waals surface area contributed by atoms with Gasteiger partial charge < -0.3 is 14.8 Å². The lowest BCUT2D eigenvalue weighted by atomic mass is 10.0. The molecule has 2 rings (SSSR count). The highest BCUT2D eigenvalue weighted by Gasteiger charge is 2.25. The molecule has 2 amide bonds. The van der Waals surface area contributed by atoms with Crippen molar-refractivity contribution in [2.75, 3.05) is 13.2 Å². The van der Waals surface area contributed by atoms with Crippen LogP contribution in [-0.2, 0) is 4.79 Å². The Morgan fingerprint density at radius 3 is 2.34 bits per heavy atom. The number of carbonyl (C=O) groups is 2. The zero-order valence-electron chi connectivity index (χ0n) is 18.4. The summed E-state index contributed by atoms with van der Waals surface area (Å²) in [6, 6.07) is 9.08. The van der Waals surface area contributed by atoms with Crippen LogP contribution in [0.15, 0.2) is 41.5 Å². The van der Waals surface area contributed by atoms with Crippen molar-refractivity contribution in [3.8, 4) is 11.5 Å². The number of benzene rings is 2. The van der Waals surface area contributed by atoms with Gasteiger partial charge in [0.05, 0.1) is 30.0 Å². The molecule has 1 atom stereocenters. The first-order chi connectivity index (χ1) is 15.3. The average Bonchev–Trinajstić information content (AvgIpc) is 2.73. The normalized spacial score (nSPS) is 12.0. The molecule has 0 fully saturated rings. The lowest BCUT2D eigenvalue weighted by Crippen LogP contribution is -2.48. The van der Waals surface area contributed by atoms with E-state index < -0.39 is 17.9 Å². The van der Waals surface area contributed by atoms with E-state index in [0.29, 0.717) is 29.7 Å². The molecule has 0 heterocycles. The SMILES string of the molecule is CCOc1ccc(C=NNC(=O)C(NC(=O)c2ccc(Cl)cc2Cl)C(C)C)cc1OCC. The van der Waals surface area contributed by atoms with Gasteiger partial charge in [0.2, 0.25) is 0 Å². The van der Waals surface area contributed by atoms with Gasteiger partial charge in [0.1, 0.15) is 6.04 Å². The molecule has 0 aliphatic rings. The fraction of sp³-hybridized carbons (Fsp3) is 0.348. The summed E-state index contributed by atoms with van der Waals surface area (Å²) >= 11 is 12.0. The van der Waals surface area contributed by atoms with Gasteiger partial charge in [-0.2, -0.15) is 5.10 Å². The maximum Gasteiger partial charge on any atom is 0.262 e. The first-order valence-electron chi connectivity index (χ1n) is 10.2. The molecule has 0 bridgehead atoms. The third-order valence-corrected chi connectivity index (χ3v) is 4.92. The maximum absolute atomic E-state index is 12.7. The predicted molar refractivity (Wildman–Crippen MR) is 127 cm³/mol. The molecule has 0 saturated carbocycles. The molecule has 0 aliphatic carbocycles. The monoisotopic (exact) mass is 479 g/mol. The van der Waals surface area contributed by atoms with Crippen LogP contribution in [0, 0.1) is 5.92 Å². The van der Waals surface area contributed by atoms with E-state index >= 15 is 0 Å². The minimum atomic E-state index is -0.814. The summed E-state index contributed by atoms with van der Waals surface area (Å²) in [6.07, 6.45) is 1.49. The summed E-state index contributed by atoms with van der Waals surface area (Å²) in [6.45, 7) is 8.43. The zero-order valence-corrected chi connectivity index (χ0v) is 20.0. The number of nitrogens with zero attached hydrogens (tertiary/aromatic N) is 1. The Hall–Kier alpha value is -2.77. The molecule has 7 nitrogen and oxygen atoms in total. The van der Waals surface area contributed by atoms with Gasteiger partial charge in [0.25, 0.3) is 11.8 Å². The fourth-order valence-electron chi connectivity index (χ4n) is 2.82. The van der Waals surface area contributed by atoms with Crippen molar-refractivity contribution >= 4 is 41.2 Å². The molecule has 0 spiro atoms. The van der Waals surface area contributed by atoms with Crippen molar-refractivity contribution in [3.63, 3.8) is 0 Å². The van der Waals surface area contributed by atoms with Crippen LogP contribution in [0.4, 0.5) is 0 Å². The second-order valence-electron chi connectivity index (χ2n) is 7.13. The van der Waals surface area contributed by atoms with Crippen molar-refractivity contribution in [3.05, 3.63) is 57.6 Å². The number of hydrazone groups is 1. The number of nitrogens with one attached hydrogen (secondary N) is 2. The number of hydrogen-bond acceptors (Lipinski definition) is 5. The number of rotatable bonds is 10. The molecule has 172 valence electrons. The number of carbonyl (C=O) groups excluding carboxylic acids is 2. The highest BCUT2D eigenvalue weighted by Crippen LogP contribution is 2.28. The van der Waals surface area contributed by atoms with Crippen LogP contribution in [0.1, 0.15) is 43.6 Å². The summed E-state index contributed by atoms with van der Waals surface area (Å²) in [5, 5.41) is 7.34. The minimum absolute atomic E-state index is 0.185. The highest BCUT2D eigenvalue weighted by atomic mass is 35.5. The van der Waals surface area contributed by atoms with Crippen molar-refractivity contribution < 1.29 is 19.1 Å². The lowest BCUT2D eigenvalue weighted by molar-refractivity contribution is -0.123. The van der Waals surface area contributed by atoms with Crippen molar-refractivity contribution in [2.45, 2.75) is 33.7 Å². The van der Waals surface area contributed by atoms with E-state index in [2.05, 4.69) is 15.8 Å². The molecule has 2 aromatic rings. The van der Waals surface area contributed by atoms with Gasteiger partial charge >= 0.3 is 0 Å². The Morgan fingerprint density at radius 2 is 1.72 bits per heavy atom. The molecule has 0 aliphatic heterocycles. The average molecular weight is 480 g/mol. The van der Waals surface area contributed by atoms with Gasteiger partial charge in [-0.05, 0) is 61.7 Å². The van der Waals surface area contributed by atoms with Crippen LogP contribution in [-0.4, -0.2) is 37.3 Å². The first kappa shape index (κ1) is 25.5. The van der Waals surface area contributed by atoms with Gasteiger partial charge in [-0.25, -0.2) is 5.43 Å². The van der Waals surface area contributed by atoms with Crippen LogP contribution in [0.5, 0.6) is 11.5 Å². The minimum Gasteiger partial charge on any atom is -0.490 e. The quantitative estimate of drug-likeness (QED) is 0.381. The highest BCUT2D eigenvalue weighted by molar-refractivity contribution is 6.36. The van der Waals surface area contributed by atoms with E-state index in [0.717, 1.165) is 5.56 Å². The molecule has 1 unspecified atom stereocenters. The van der Waals surface area contributed by atoms with Crippen LogP contribution < -0.4 is 20.2 Å². The van der Waals surface area contributed by atoms with E-state index in [9.17, 15) is 9.59 Å². The summed E-state index contributed by atoms with van der Waals surface area (Å²) in [4.78, 5) is 25.2. The van der Waals surface area contributed by atoms with E-state index in [-0.39, 0.29) is 16.5 Å². The van der Waals surface area contributed by atoms with Crippen LogP contribution >= 0.6 is 23.2 Å². The van der Waals surface area contributed by atoms with E-state index in [1.807, 2.05) is 27.7 Å². The maximum atomic E-state index is 12.7. The van der Waals surface area contributed by atoms with Crippen molar-refractivity contribution in [2.24, 2.45) is 11.0 Å². The molecule has 2 aromatic carbocycles. The summed E-state index contributed by atoms with van der Waals surface area (Å²) in [5.74, 6) is 0.119. The largest absolute Gasteiger partial charge is 0.490 e. The Bertz CT molecular complexity index is 980. The Labute approximate surface area is 198 Å². The number of hydrogen-bond donors (Lipinski definition) is 2. The lowest BCUT2D eigenvalue weighted by Gasteiger charge is -2.20. The Kier molecular flexibility index (Phi) is 9.81. The van der Waals surface area contributed by atoms with Gasteiger partial charge in [-0.3, -0.25) is 9.59 Å². The second kappa shape index (κ2) is 12.3. The van der Waals surface area contributed by atoms with Crippen molar-refractivity contribution in [1.82, 2.24) is 10.7 Å². The second-order valence-corrected chi connectivity index (χ2v) is 7.97. The van der Waals surface area contributed by atoms with Crippen LogP contribution in [0.2, 0.25) is 10.0 Å². The molecular formula is C23H27Cl2N3O4. The first-order valence-corrected chi connectivity index (χ1v) is 11.0. The fourth-order valence-corrected chi connectivity index (χ4v) is 3.31.